The van der Waals surface area contributed by atoms with Gasteiger partial charge >= 0.3 is 0 Å². The molecule has 1 aliphatic heterocycles. The number of ether oxygens (including phenoxy) is 1. The molecule has 1 aromatic carbocycles. The Morgan fingerprint density at radius 1 is 1.38 bits per heavy atom. The van der Waals surface area contributed by atoms with Gasteiger partial charge in [-0.05, 0) is 18.9 Å². The van der Waals surface area contributed by atoms with E-state index in [-0.39, 0.29) is 5.72 Å². The summed E-state index contributed by atoms with van der Waals surface area (Å²) in [6.07, 6.45) is 3.36. The van der Waals surface area contributed by atoms with E-state index in [9.17, 15) is 0 Å². The quantitative estimate of drug-likeness (QED) is 0.654. The minimum atomic E-state index is -0.385. The fourth-order valence-electron chi connectivity index (χ4n) is 2.61. The van der Waals surface area contributed by atoms with E-state index in [0.29, 0.717) is 5.92 Å². The van der Waals surface area contributed by atoms with Crippen LogP contribution in [0.2, 0.25) is 0 Å². The fraction of sp³-hybridized carbons (Fsp3) is 0.455. The van der Waals surface area contributed by atoms with E-state index in [1.165, 1.54) is 18.4 Å². The molecule has 1 aliphatic carbocycles. The molecule has 3 rings (SSSR count). The Kier molecular flexibility index (Phi) is 1.29. The second kappa shape index (κ2) is 2.26. The third kappa shape index (κ3) is 0.866. The van der Waals surface area contributed by atoms with Gasteiger partial charge in [-0.25, -0.2) is 0 Å². The first-order chi connectivity index (χ1) is 6.30. The van der Waals surface area contributed by atoms with Crippen molar-refractivity contribution in [3.63, 3.8) is 0 Å². The molecule has 2 heteroatoms. The van der Waals surface area contributed by atoms with Gasteiger partial charge in [0.15, 0.2) is 5.72 Å². The van der Waals surface area contributed by atoms with Gasteiger partial charge in [0.1, 0.15) is 5.75 Å². The van der Waals surface area contributed by atoms with Gasteiger partial charge in [0.25, 0.3) is 0 Å². The SMILES string of the molecule is N[C@]12CCC[C@H]1c1ccccc1O2. The fourth-order valence-corrected chi connectivity index (χ4v) is 2.61. The number of nitrogens with two attached hydrogens (primary N) is 1. The summed E-state index contributed by atoms with van der Waals surface area (Å²) >= 11 is 0. The third-order valence-corrected chi connectivity index (χ3v) is 3.24. The molecule has 2 atom stereocenters. The molecule has 0 amide bonds. The first kappa shape index (κ1) is 7.39. The Bertz CT molecular complexity index is 350. The second-order valence-corrected chi connectivity index (χ2v) is 4.04. The Labute approximate surface area is 77.7 Å². The lowest BCUT2D eigenvalue weighted by Gasteiger charge is -2.22. The highest BCUT2D eigenvalue weighted by Gasteiger charge is 2.48. The van der Waals surface area contributed by atoms with Crippen molar-refractivity contribution in [1.82, 2.24) is 0 Å². The summed E-state index contributed by atoms with van der Waals surface area (Å²) in [7, 11) is 0. The summed E-state index contributed by atoms with van der Waals surface area (Å²) in [4.78, 5) is 0. The van der Waals surface area contributed by atoms with Crippen LogP contribution in [-0.2, 0) is 0 Å². The lowest BCUT2D eigenvalue weighted by molar-refractivity contribution is 0.0936. The largest absolute Gasteiger partial charge is 0.472 e. The van der Waals surface area contributed by atoms with E-state index >= 15 is 0 Å². The summed E-state index contributed by atoms with van der Waals surface area (Å²) < 4.78 is 5.80. The molecule has 0 radical (unpaired) electrons. The molecule has 2 aliphatic rings. The molecule has 68 valence electrons. The Hall–Kier alpha value is -1.02. The molecule has 1 saturated carbocycles. The number of rotatable bonds is 0. The Balaban J connectivity index is 2.13. The summed E-state index contributed by atoms with van der Waals surface area (Å²) in [5, 5.41) is 0. The van der Waals surface area contributed by atoms with Crippen molar-refractivity contribution < 1.29 is 4.74 Å². The normalized spacial score (nSPS) is 35.3. The highest BCUT2D eigenvalue weighted by Crippen LogP contribution is 2.50. The van der Waals surface area contributed by atoms with Crippen LogP contribution in [0.4, 0.5) is 0 Å². The summed E-state index contributed by atoms with van der Waals surface area (Å²) in [5.74, 6) is 1.43. The van der Waals surface area contributed by atoms with E-state index < -0.39 is 0 Å². The van der Waals surface area contributed by atoms with E-state index in [1.807, 2.05) is 12.1 Å². The van der Waals surface area contributed by atoms with Crippen LogP contribution in [0.3, 0.4) is 0 Å². The van der Waals surface area contributed by atoms with E-state index in [4.69, 9.17) is 10.5 Å². The molecular formula is C11H13NO. The molecule has 0 spiro atoms. The van der Waals surface area contributed by atoms with Crippen molar-refractivity contribution in [2.24, 2.45) is 5.73 Å². The topological polar surface area (TPSA) is 35.2 Å². The van der Waals surface area contributed by atoms with Crippen LogP contribution in [0, 0.1) is 0 Å². The van der Waals surface area contributed by atoms with E-state index in [0.717, 1.165) is 12.2 Å². The minimum Gasteiger partial charge on any atom is -0.472 e. The highest BCUT2D eigenvalue weighted by atomic mass is 16.5. The van der Waals surface area contributed by atoms with Gasteiger partial charge < -0.3 is 4.74 Å². The maximum Gasteiger partial charge on any atom is 0.165 e. The maximum atomic E-state index is 6.19. The lowest BCUT2D eigenvalue weighted by atomic mass is 9.94. The van der Waals surface area contributed by atoms with Crippen LogP contribution in [0.5, 0.6) is 5.75 Å². The van der Waals surface area contributed by atoms with E-state index in [2.05, 4.69) is 12.1 Å². The predicted molar refractivity (Wildman–Crippen MR) is 50.6 cm³/mol. The number of benzene rings is 1. The number of para-hydroxylation sites is 1. The van der Waals surface area contributed by atoms with Crippen molar-refractivity contribution in [3.8, 4) is 5.75 Å². The summed E-state index contributed by atoms with van der Waals surface area (Å²) in [6, 6.07) is 8.22. The zero-order chi connectivity index (χ0) is 8.89. The highest BCUT2D eigenvalue weighted by molar-refractivity contribution is 5.43. The summed E-state index contributed by atoms with van der Waals surface area (Å²) in [6.45, 7) is 0. The molecule has 0 bridgehead atoms. The van der Waals surface area contributed by atoms with Crippen LogP contribution in [0.25, 0.3) is 0 Å². The van der Waals surface area contributed by atoms with Gasteiger partial charge in [-0.15, -0.1) is 0 Å². The molecular weight excluding hydrogens is 162 g/mol. The van der Waals surface area contributed by atoms with Crippen molar-refractivity contribution in [3.05, 3.63) is 29.8 Å². The van der Waals surface area contributed by atoms with Crippen molar-refractivity contribution in [2.75, 3.05) is 0 Å². The molecule has 0 saturated heterocycles. The van der Waals surface area contributed by atoms with Crippen molar-refractivity contribution in [2.45, 2.75) is 30.9 Å². The first-order valence-corrected chi connectivity index (χ1v) is 4.86. The van der Waals surface area contributed by atoms with Gasteiger partial charge in [0.05, 0.1) is 0 Å². The number of hydrogen-bond donors (Lipinski definition) is 1. The van der Waals surface area contributed by atoms with Gasteiger partial charge in [-0.1, -0.05) is 18.2 Å². The predicted octanol–water partition coefficient (Wildman–Crippen LogP) is 2.00. The smallest absolute Gasteiger partial charge is 0.165 e. The van der Waals surface area contributed by atoms with Crippen LogP contribution >= 0.6 is 0 Å². The van der Waals surface area contributed by atoms with Crippen molar-refractivity contribution >= 4 is 0 Å². The van der Waals surface area contributed by atoms with Crippen LogP contribution < -0.4 is 10.5 Å². The zero-order valence-electron chi connectivity index (χ0n) is 7.49. The monoisotopic (exact) mass is 175 g/mol. The van der Waals surface area contributed by atoms with Gasteiger partial charge in [-0.2, -0.15) is 0 Å². The Morgan fingerprint density at radius 3 is 3.15 bits per heavy atom. The number of hydrogen-bond acceptors (Lipinski definition) is 2. The first-order valence-electron chi connectivity index (χ1n) is 4.86. The minimum absolute atomic E-state index is 0.385. The maximum absolute atomic E-state index is 6.19. The van der Waals surface area contributed by atoms with Crippen LogP contribution in [0.15, 0.2) is 24.3 Å². The zero-order valence-corrected chi connectivity index (χ0v) is 7.49. The third-order valence-electron chi connectivity index (χ3n) is 3.24. The molecule has 1 fully saturated rings. The molecule has 0 unspecified atom stereocenters. The molecule has 13 heavy (non-hydrogen) atoms. The van der Waals surface area contributed by atoms with Crippen LogP contribution in [-0.4, -0.2) is 5.72 Å². The second-order valence-electron chi connectivity index (χ2n) is 4.04. The standard InChI is InChI=1S/C11H13NO/c12-11-7-3-5-9(11)8-4-1-2-6-10(8)13-11/h1-2,4,6,9H,3,5,7,12H2/t9-,11-/m0/s1. The molecule has 1 aromatic rings. The average molecular weight is 175 g/mol. The summed E-state index contributed by atoms with van der Waals surface area (Å²) in [5.41, 5.74) is 7.12. The molecule has 2 N–H and O–H groups in total. The average Bonchev–Trinajstić information content (AvgIpc) is 2.58. The molecule has 2 nitrogen and oxygen atoms in total. The van der Waals surface area contributed by atoms with Crippen molar-refractivity contribution in [1.29, 1.82) is 0 Å². The molecule has 0 aromatic heterocycles. The lowest BCUT2D eigenvalue weighted by Crippen LogP contribution is -2.43. The van der Waals surface area contributed by atoms with Gasteiger partial charge in [0.2, 0.25) is 0 Å². The van der Waals surface area contributed by atoms with Gasteiger partial charge in [0, 0.05) is 17.9 Å². The molecule has 1 heterocycles. The van der Waals surface area contributed by atoms with E-state index in [1.54, 1.807) is 0 Å². The number of fused-ring (bicyclic) bond motifs is 3. The van der Waals surface area contributed by atoms with Crippen LogP contribution in [0.1, 0.15) is 30.7 Å². The van der Waals surface area contributed by atoms with Gasteiger partial charge in [-0.3, -0.25) is 5.73 Å². The Morgan fingerprint density at radius 2 is 2.23 bits per heavy atom.